The average molecular weight is 865 g/mol. The minimum atomic E-state index is -1.37. The topological polar surface area (TPSA) is 288 Å². The third-order valence-electron chi connectivity index (χ3n) is 14.2. The van der Waals surface area contributed by atoms with Gasteiger partial charge in [-0.05, 0) is 0 Å². The summed E-state index contributed by atoms with van der Waals surface area (Å²) in [6, 6.07) is 0. The van der Waals surface area contributed by atoms with E-state index in [1.54, 1.807) is 0 Å². The van der Waals surface area contributed by atoms with Crippen molar-refractivity contribution < 1.29 is 116 Å². The van der Waals surface area contributed by atoms with Crippen molar-refractivity contribution >= 4 is 0 Å². The van der Waals surface area contributed by atoms with Crippen molar-refractivity contribution in [3.8, 4) is 0 Å². The zero-order valence-corrected chi connectivity index (χ0v) is 31.6. The molecule has 30 aliphatic rings. The Balaban J connectivity index is 0.768. The van der Waals surface area contributed by atoms with Crippen LogP contribution in [0.25, 0.3) is 0 Å². The van der Waals surface area contributed by atoms with Crippen molar-refractivity contribution in [3.63, 3.8) is 0 Å². The normalized spacial score (nSPS) is 63.9. The van der Waals surface area contributed by atoms with Crippen LogP contribution in [0.4, 0.5) is 0 Å². The molecule has 30 atom stereocenters. The third-order valence-corrected chi connectivity index (χ3v) is 14.2. The zero-order chi connectivity index (χ0) is 40.3. The number of ether oxygens (including phenoxy) is 18. The molecule has 30 saturated heterocycles. The molecule has 0 radical (unpaired) electrons. The van der Waals surface area contributed by atoms with Gasteiger partial charge in [-0.3, -0.25) is 0 Å². The van der Waals surface area contributed by atoms with Gasteiger partial charge in [0, 0.05) is 0 Å². The molecule has 30 rings (SSSR count). The summed E-state index contributed by atoms with van der Waals surface area (Å²) in [6.07, 6.45) is -30.9. The zero-order valence-electron chi connectivity index (χ0n) is 31.6. The second kappa shape index (κ2) is 14.8. The molecule has 336 valence electrons. The highest BCUT2D eigenvalue weighted by Gasteiger charge is 2.64. The minimum absolute atomic E-state index is 0.0479. The number of hydrogen-bond donors (Lipinski definition) is 6. The van der Waals surface area contributed by atoms with Gasteiger partial charge in [-0.2, -0.15) is 0 Å². The molecule has 0 aromatic carbocycles. The standard InChI is InChI=1S/C36H48O24/c37-13-25-19-7(1-43-25)49-31(13)56-20-8-2-45-27(20)15(39)33(51-8)58-22-10-4-47-29(22)17(41)35(53-10)60-24-12-6-48-30(24)18(42)36(54-12)59-23-11-5-46-28(23)16(40)34(52-11)57-21-9-3-44-26(21)14(38)32(50-9)55-19/h7-42H,1-6H2/t7-,8-,9-,10-,11-,12-,13-,14-,15-,16-,17-,18-,19-,20-,21-,22-,23-,24-,25-,26-,27-,28-,29-,30-,31-,32-,33-,34-,35-,36-/m1/s1. The second-order valence-corrected chi connectivity index (χ2v) is 17.6. The Labute approximate surface area is 339 Å². The van der Waals surface area contributed by atoms with Gasteiger partial charge in [-0.25, -0.2) is 0 Å². The molecule has 0 aliphatic carbocycles. The maximum absolute atomic E-state index is 11.5. The van der Waals surface area contributed by atoms with Crippen molar-refractivity contribution in [3.05, 3.63) is 0 Å². The summed E-state index contributed by atoms with van der Waals surface area (Å²) in [7, 11) is 0. The molecule has 0 saturated carbocycles. The van der Waals surface area contributed by atoms with E-state index in [0.717, 1.165) is 0 Å². The Kier molecular flexibility index (Phi) is 9.71. The molecule has 30 fully saturated rings. The summed E-state index contributed by atoms with van der Waals surface area (Å²) in [5, 5.41) is 68.8. The number of aliphatic hydroxyl groups excluding tert-OH is 6. The van der Waals surface area contributed by atoms with E-state index in [-0.39, 0.29) is 39.6 Å². The van der Waals surface area contributed by atoms with E-state index >= 15 is 0 Å². The number of aliphatic hydroxyl groups is 6. The minimum Gasteiger partial charge on any atom is -0.385 e. The molecule has 30 aliphatic heterocycles. The van der Waals surface area contributed by atoms with Gasteiger partial charge < -0.3 is 116 Å². The summed E-state index contributed by atoms with van der Waals surface area (Å²) in [4.78, 5) is 0. The monoisotopic (exact) mass is 864 g/mol. The highest BCUT2D eigenvalue weighted by molar-refractivity contribution is 5.06. The SMILES string of the molecule is O[C@H]1[C@H]2O[C@H]3[C@@H]4OC[C@H]3O[C@H](O[C@H]3[C@@H]5OC[C@H]3O[C@H](O[C@H]3[C@@H]6OC[C@H]3O[C@H](O[C@H]3[C@@H]7OC[C@H]3O[C@H](O[C@H]3[C@@H]8OC[C@H]3O[C@H](O[C@H]3[C@@H]1OC[C@H]3O2)[C@@H]8O)[C@@H]7O)[C@@H]6O)[C@@H]5O)[C@@H]4O. The first kappa shape index (κ1) is 39.4. The van der Waals surface area contributed by atoms with Gasteiger partial charge in [0.25, 0.3) is 0 Å². The molecular formula is C36H48O24. The summed E-state index contributed by atoms with van der Waals surface area (Å²) >= 11 is 0. The lowest BCUT2D eigenvalue weighted by molar-refractivity contribution is -0.367. The second-order valence-electron chi connectivity index (χ2n) is 17.6. The molecule has 60 heavy (non-hydrogen) atoms. The molecule has 24 heteroatoms. The molecule has 6 N–H and O–H groups in total. The average Bonchev–Trinajstić information content (AvgIpc) is 4.04. The Morgan fingerprint density at radius 3 is 0.500 bits per heavy atom. The van der Waals surface area contributed by atoms with Crippen LogP contribution in [0, 0.1) is 0 Å². The molecule has 0 unspecified atom stereocenters. The molecule has 0 aromatic heterocycles. The molecule has 24 nitrogen and oxygen atoms in total. The maximum atomic E-state index is 11.5. The van der Waals surface area contributed by atoms with E-state index in [4.69, 9.17) is 85.3 Å². The van der Waals surface area contributed by atoms with Crippen molar-refractivity contribution in [2.24, 2.45) is 0 Å². The molecule has 0 aromatic rings. The first-order chi connectivity index (χ1) is 29.2. The Morgan fingerprint density at radius 1 is 0.200 bits per heavy atom. The van der Waals surface area contributed by atoms with Crippen LogP contribution in [0.3, 0.4) is 0 Å². The van der Waals surface area contributed by atoms with E-state index in [9.17, 15) is 30.6 Å². The molecular weight excluding hydrogens is 816 g/mol. The van der Waals surface area contributed by atoms with Crippen LogP contribution in [0.15, 0.2) is 0 Å². The first-order valence-corrected chi connectivity index (χ1v) is 20.8. The first-order valence-electron chi connectivity index (χ1n) is 20.8. The lowest BCUT2D eigenvalue weighted by Crippen LogP contribution is -2.64. The van der Waals surface area contributed by atoms with Gasteiger partial charge in [0.15, 0.2) is 37.7 Å². The Morgan fingerprint density at radius 2 is 0.350 bits per heavy atom. The van der Waals surface area contributed by atoms with E-state index in [1.165, 1.54) is 0 Å². The van der Waals surface area contributed by atoms with Gasteiger partial charge in [-0.15, -0.1) is 0 Å². The summed E-state index contributed by atoms with van der Waals surface area (Å²) in [5.41, 5.74) is 0. The van der Waals surface area contributed by atoms with Gasteiger partial charge in [0.05, 0.1) is 39.6 Å². The Bertz CT molecular complexity index is 1320. The van der Waals surface area contributed by atoms with Gasteiger partial charge in [0.1, 0.15) is 146 Å². The summed E-state index contributed by atoms with van der Waals surface area (Å²) < 4.78 is 110. The predicted octanol–water partition coefficient (Wildman–Crippen LogP) is -6.78. The maximum Gasteiger partial charge on any atom is 0.187 e. The van der Waals surface area contributed by atoms with Crippen LogP contribution in [0.1, 0.15) is 0 Å². The number of hydrogen-bond acceptors (Lipinski definition) is 24. The molecule has 0 amide bonds. The lowest BCUT2D eigenvalue weighted by atomic mass is 9.97. The fraction of sp³-hybridized carbons (Fsp3) is 1.00. The van der Waals surface area contributed by atoms with Crippen LogP contribution in [-0.4, -0.2) is 255 Å². The molecule has 30 heterocycles. The quantitative estimate of drug-likeness (QED) is 0.132. The van der Waals surface area contributed by atoms with Gasteiger partial charge >= 0.3 is 0 Å². The molecule has 0 spiro atoms. The van der Waals surface area contributed by atoms with Crippen molar-refractivity contribution in [2.45, 2.75) is 184 Å². The molecule has 24 bridgehead atoms. The number of rotatable bonds is 0. The third kappa shape index (κ3) is 5.98. The van der Waals surface area contributed by atoms with E-state index < -0.39 is 184 Å². The predicted molar refractivity (Wildman–Crippen MR) is 176 cm³/mol. The largest absolute Gasteiger partial charge is 0.385 e. The van der Waals surface area contributed by atoms with Gasteiger partial charge in [0.2, 0.25) is 0 Å². The highest BCUT2D eigenvalue weighted by atomic mass is 16.8. The van der Waals surface area contributed by atoms with E-state index in [1.807, 2.05) is 0 Å². The fourth-order valence-electron chi connectivity index (χ4n) is 11.1. The van der Waals surface area contributed by atoms with Gasteiger partial charge in [-0.1, -0.05) is 0 Å². The van der Waals surface area contributed by atoms with Crippen LogP contribution in [0.5, 0.6) is 0 Å². The van der Waals surface area contributed by atoms with E-state index in [2.05, 4.69) is 0 Å². The van der Waals surface area contributed by atoms with Crippen LogP contribution in [0.2, 0.25) is 0 Å². The van der Waals surface area contributed by atoms with Crippen molar-refractivity contribution in [1.29, 1.82) is 0 Å². The smallest absolute Gasteiger partial charge is 0.187 e. The lowest BCUT2D eigenvalue weighted by Gasteiger charge is -2.46. The van der Waals surface area contributed by atoms with Crippen molar-refractivity contribution in [1.82, 2.24) is 0 Å². The summed E-state index contributed by atoms with van der Waals surface area (Å²) in [6.45, 7) is 0.287. The fourth-order valence-corrected chi connectivity index (χ4v) is 11.1. The van der Waals surface area contributed by atoms with Crippen LogP contribution in [-0.2, 0) is 85.3 Å². The highest BCUT2D eigenvalue weighted by Crippen LogP contribution is 2.44. The van der Waals surface area contributed by atoms with Crippen LogP contribution >= 0.6 is 0 Å². The summed E-state index contributed by atoms with van der Waals surface area (Å²) in [5.74, 6) is 0. The van der Waals surface area contributed by atoms with Crippen LogP contribution < -0.4 is 0 Å². The van der Waals surface area contributed by atoms with Crippen molar-refractivity contribution in [2.75, 3.05) is 39.6 Å². The Hall–Kier alpha value is -0.960. The van der Waals surface area contributed by atoms with E-state index in [0.29, 0.717) is 0 Å².